The number of nitro groups is 1. The largest absolute Gasteiger partial charge is 0.441 e. The number of carbonyl (C=O) groups excluding carboxylic acids is 1. The van der Waals surface area contributed by atoms with E-state index < -0.39 is 22.5 Å². The molecule has 2 heterocycles. The topological polar surface area (TPSA) is 94.4 Å². The number of thiophene rings is 1. The minimum absolute atomic E-state index is 0.135. The molecule has 2 aromatic heterocycles. The van der Waals surface area contributed by atoms with Gasteiger partial charge in [-0.1, -0.05) is 52.5 Å². The molecule has 7 nitrogen and oxygen atoms in total. The average molecular weight is 473 g/mol. The van der Waals surface area contributed by atoms with Crippen molar-refractivity contribution >= 4 is 38.7 Å². The molecule has 11 heteroatoms. The van der Waals surface area contributed by atoms with Crippen LogP contribution in [0.25, 0.3) is 11.3 Å². The van der Waals surface area contributed by atoms with Gasteiger partial charge in [0.15, 0.2) is 16.7 Å². The first-order valence-corrected chi connectivity index (χ1v) is 10.7. The highest BCUT2D eigenvalue weighted by Crippen LogP contribution is 2.41. The van der Waals surface area contributed by atoms with Crippen molar-refractivity contribution in [2.45, 2.75) is 6.92 Å². The third-order valence-corrected chi connectivity index (χ3v) is 6.12. The van der Waals surface area contributed by atoms with Crippen molar-refractivity contribution in [3.05, 3.63) is 86.8 Å². The maximum absolute atomic E-state index is 14.1. The minimum Gasteiger partial charge on any atom is -0.441 e. The molecule has 0 aliphatic rings. The number of hydrogen-bond donors (Lipinski definition) is 1. The Morgan fingerprint density at radius 2 is 1.84 bits per heavy atom. The average Bonchev–Trinajstić information content (AvgIpc) is 3.38. The second-order valence-corrected chi connectivity index (χ2v) is 8.57. The number of nitrogens with zero attached hydrogens (tertiary/aromatic N) is 2. The van der Waals surface area contributed by atoms with Crippen LogP contribution in [-0.2, 0) is 0 Å². The molecule has 0 saturated carbocycles. The van der Waals surface area contributed by atoms with E-state index in [0.29, 0.717) is 17.3 Å². The lowest BCUT2D eigenvalue weighted by atomic mass is 10.1. The number of aromatic nitrogens is 1. The molecule has 32 heavy (non-hydrogen) atoms. The minimum atomic E-state index is -0.885. The number of amides is 1. The van der Waals surface area contributed by atoms with Gasteiger partial charge in [0.2, 0.25) is 5.06 Å². The lowest BCUT2D eigenvalue weighted by Crippen LogP contribution is -2.09. The van der Waals surface area contributed by atoms with Crippen molar-refractivity contribution in [1.29, 1.82) is 0 Å². The normalized spacial score (nSPS) is 10.7. The molecule has 4 aromatic rings. The molecule has 4 rings (SSSR count). The summed E-state index contributed by atoms with van der Waals surface area (Å²) in [6, 6.07) is 12.8. The first kappa shape index (κ1) is 21.5. The van der Waals surface area contributed by atoms with Crippen molar-refractivity contribution in [2.75, 3.05) is 5.32 Å². The standard InChI is InChI=1S/C21H13F2N3O4S2/c1-11-2-4-12(5-3-11)18-20(30-15-7-6-13(22)10-14(15)23)32-21(24-18)25-19(27)16-8-9-17(31-16)26(28)29/h2-10H,1H3,(H,24,25,27). The second-order valence-electron chi connectivity index (χ2n) is 6.55. The number of anilines is 1. The number of carbonyl (C=O) groups is 1. The van der Waals surface area contributed by atoms with Gasteiger partial charge in [0.05, 0.1) is 9.80 Å². The zero-order chi connectivity index (χ0) is 22.8. The van der Waals surface area contributed by atoms with Crippen LogP contribution in [0.3, 0.4) is 0 Å². The molecule has 0 aliphatic carbocycles. The Balaban J connectivity index is 1.67. The number of nitrogens with one attached hydrogen (secondary N) is 1. The van der Waals surface area contributed by atoms with Gasteiger partial charge in [0.25, 0.3) is 5.91 Å². The fourth-order valence-corrected chi connectivity index (χ4v) is 4.25. The van der Waals surface area contributed by atoms with E-state index >= 15 is 0 Å². The van der Waals surface area contributed by atoms with E-state index in [4.69, 9.17) is 4.74 Å². The Bertz CT molecular complexity index is 1320. The quantitative estimate of drug-likeness (QED) is 0.258. The molecule has 0 aliphatic heterocycles. The molecule has 0 saturated heterocycles. The Hall–Kier alpha value is -3.70. The Morgan fingerprint density at radius 1 is 1.09 bits per heavy atom. The number of ether oxygens (including phenoxy) is 1. The van der Waals surface area contributed by atoms with Gasteiger partial charge in [-0.3, -0.25) is 20.2 Å². The van der Waals surface area contributed by atoms with Gasteiger partial charge in [0.1, 0.15) is 11.5 Å². The molecule has 0 radical (unpaired) electrons. The third kappa shape index (κ3) is 4.63. The molecule has 0 spiro atoms. The Labute approximate surface area is 188 Å². The molecule has 0 atom stereocenters. The van der Waals surface area contributed by atoms with Gasteiger partial charge >= 0.3 is 5.00 Å². The molecular weight excluding hydrogens is 460 g/mol. The van der Waals surface area contributed by atoms with E-state index in [1.54, 1.807) is 12.1 Å². The molecule has 162 valence electrons. The molecule has 1 amide bonds. The lowest BCUT2D eigenvalue weighted by Gasteiger charge is -2.06. The van der Waals surface area contributed by atoms with Gasteiger partial charge in [0, 0.05) is 17.7 Å². The number of hydrogen-bond acceptors (Lipinski definition) is 7. The van der Waals surface area contributed by atoms with Crippen LogP contribution in [0.1, 0.15) is 15.2 Å². The number of thiazole rings is 1. The summed E-state index contributed by atoms with van der Waals surface area (Å²) < 4.78 is 33.0. The second kappa shape index (κ2) is 8.81. The Kier molecular flexibility index (Phi) is 5.93. The van der Waals surface area contributed by atoms with Crippen molar-refractivity contribution in [3.8, 4) is 22.1 Å². The van der Waals surface area contributed by atoms with Crippen LogP contribution in [0.2, 0.25) is 0 Å². The predicted molar refractivity (Wildman–Crippen MR) is 118 cm³/mol. The monoisotopic (exact) mass is 473 g/mol. The lowest BCUT2D eigenvalue weighted by molar-refractivity contribution is -0.380. The highest BCUT2D eigenvalue weighted by Gasteiger charge is 2.21. The fourth-order valence-electron chi connectivity index (χ4n) is 2.69. The van der Waals surface area contributed by atoms with Crippen LogP contribution in [0.4, 0.5) is 18.9 Å². The van der Waals surface area contributed by atoms with Gasteiger partial charge in [-0.2, -0.15) is 0 Å². The Morgan fingerprint density at radius 3 is 2.50 bits per heavy atom. The van der Waals surface area contributed by atoms with Crippen LogP contribution >= 0.6 is 22.7 Å². The van der Waals surface area contributed by atoms with Gasteiger partial charge in [-0.25, -0.2) is 13.8 Å². The van der Waals surface area contributed by atoms with Crippen LogP contribution in [0, 0.1) is 28.7 Å². The van der Waals surface area contributed by atoms with Gasteiger partial charge in [-0.15, -0.1) is 0 Å². The summed E-state index contributed by atoms with van der Waals surface area (Å²) in [5, 5.41) is 13.6. The number of halogens is 2. The summed E-state index contributed by atoms with van der Waals surface area (Å²) in [7, 11) is 0. The van der Waals surface area contributed by atoms with Crippen molar-refractivity contribution in [2.24, 2.45) is 0 Å². The first-order chi connectivity index (χ1) is 15.3. The van der Waals surface area contributed by atoms with Crippen LogP contribution in [0.15, 0.2) is 54.6 Å². The summed E-state index contributed by atoms with van der Waals surface area (Å²) in [6.07, 6.45) is 0. The number of aryl methyl sites for hydroxylation is 1. The fraction of sp³-hybridized carbons (Fsp3) is 0.0476. The maximum atomic E-state index is 14.1. The predicted octanol–water partition coefficient (Wildman–Crippen LogP) is 6.41. The summed E-state index contributed by atoms with van der Waals surface area (Å²) >= 11 is 1.68. The molecule has 1 N–H and O–H groups in total. The summed E-state index contributed by atoms with van der Waals surface area (Å²) in [5.41, 5.74) is 2.03. The zero-order valence-electron chi connectivity index (χ0n) is 16.3. The van der Waals surface area contributed by atoms with E-state index in [9.17, 15) is 23.7 Å². The third-order valence-electron chi connectivity index (χ3n) is 4.23. The van der Waals surface area contributed by atoms with Crippen LogP contribution in [-0.4, -0.2) is 15.8 Å². The van der Waals surface area contributed by atoms with E-state index in [1.807, 2.05) is 19.1 Å². The molecule has 0 fully saturated rings. The molecule has 2 aromatic carbocycles. The number of rotatable bonds is 6. The highest BCUT2D eigenvalue weighted by molar-refractivity contribution is 7.19. The van der Waals surface area contributed by atoms with Crippen molar-refractivity contribution < 1.29 is 23.2 Å². The van der Waals surface area contributed by atoms with Crippen LogP contribution in [0.5, 0.6) is 10.8 Å². The van der Waals surface area contributed by atoms with E-state index in [-0.39, 0.29) is 25.8 Å². The summed E-state index contributed by atoms with van der Waals surface area (Å²) in [6.45, 7) is 1.92. The smallest absolute Gasteiger partial charge is 0.324 e. The zero-order valence-corrected chi connectivity index (χ0v) is 17.9. The SMILES string of the molecule is Cc1ccc(-c2nc(NC(=O)c3ccc([N+](=O)[O-])s3)sc2Oc2ccc(F)cc2F)cc1. The molecule has 0 unspecified atom stereocenters. The van der Waals surface area contributed by atoms with E-state index in [2.05, 4.69) is 10.3 Å². The van der Waals surface area contributed by atoms with E-state index in [0.717, 1.165) is 40.4 Å². The summed E-state index contributed by atoms with van der Waals surface area (Å²) in [5.74, 6) is -2.40. The van der Waals surface area contributed by atoms with Gasteiger partial charge in [-0.05, 0) is 25.1 Å². The first-order valence-electron chi connectivity index (χ1n) is 9.06. The van der Waals surface area contributed by atoms with Gasteiger partial charge < -0.3 is 4.74 Å². The molecule has 0 bridgehead atoms. The maximum Gasteiger partial charge on any atom is 0.324 e. The van der Waals surface area contributed by atoms with E-state index in [1.165, 1.54) is 12.1 Å². The molecular formula is C21H13F2N3O4S2. The summed E-state index contributed by atoms with van der Waals surface area (Å²) in [4.78, 5) is 27.3. The van der Waals surface area contributed by atoms with Crippen molar-refractivity contribution in [1.82, 2.24) is 4.98 Å². The van der Waals surface area contributed by atoms with Crippen LogP contribution < -0.4 is 10.1 Å². The highest BCUT2D eigenvalue weighted by atomic mass is 32.1. The van der Waals surface area contributed by atoms with Crippen molar-refractivity contribution in [3.63, 3.8) is 0 Å². The number of benzene rings is 2.